The van der Waals surface area contributed by atoms with Gasteiger partial charge in [-0.25, -0.2) is 0 Å². The number of hydrogen-bond donors (Lipinski definition) is 1. The lowest BCUT2D eigenvalue weighted by molar-refractivity contribution is -0.118. The second-order valence-corrected chi connectivity index (χ2v) is 10.5. The summed E-state index contributed by atoms with van der Waals surface area (Å²) in [7, 11) is 4.12. The van der Waals surface area contributed by atoms with Crippen molar-refractivity contribution in [3.05, 3.63) is 52.6 Å². The summed E-state index contributed by atoms with van der Waals surface area (Å²) < 4.78 is 0. The van der Waals surface area contributed by atoms with E-state index in [1.54, 1.807) is 5.57 Å². The van der Waals surface area contributed by atoms with Crippen LogP contribution in [0.2, 0.25) is 0 Å². The fourth-order valence-electron chi connectivity index (χ4n) is 7.14. The maximum atomic E-state index is 12.2. The van der Waals surface area contributed by atoms with Gasteiger partial charge in [-0.15, -0.1) is 6.42 Å². The summed E-state index contributed by atoms with van der Waals surface area (Å²) in [5.41, 5.74) is 5.42. The van der Waals surface area contributed by atoms with Gasteiger partial charge in [-0.3, -0.25) is 4.79 Å². The minimum atomic E-state index is -1.04. The summed E-state index contributed by atoms with van der Waals surface area (Å²) in [6.45, 7) is 2.23. The van der Waals surface area contributed by atoms with Gasteiger partial charge in [0, 0.05) is 44.0 Å². The van der Waals surface area contributed by atoms with Crippen molar-refractivity contribution in [2.75, 3.05) is 19.0 Å². The van der Waals surface area contributed by atoms with Crippen LogP contribution in [-0.4, -0.2) is 30.6 Å². The van der Waals surface area contributed by atoms with E-state index in [1.807, 2.05) is 0 Å². The molecule has 1 aromatic rings. The van der Waals surface area contributed by atoms with Gasteiger partial charge in [-0.05, 0) is 72.8 Å². The Kier molecular flexibility index (Phi) is 4.72. The van der Waals surface area contributed by atoms with E-state index in [4.69, 9.17) is 6.42 Å². The maximum absolute atomic E-state index is 12.2. The molecule has 0 amide bonds. The molecule has 0 aliphatic heterocycles. The first-order chi connectivity index (χ1) is 14.8. The van der Waals surface area contributed by atoms with Crippen molar-refractivity contribution in [3.8, 4) is 12.3 Å². The summed E-state index contributed by atoms with van der Waals surface area (Å²) in [5.74, 6) is 4.22. The third-order valence-electron chi connectivity index (χ3n) is 8.92. The highest BCUT2D eigenvalue weighted by Gasteiger charge is 2.62. The monoisotopic (exact) mass is 415 g/mol. The van der Waals surface area contributed by atoms with Gasteiger partial charge in [0.2, 0.25) is 0 Å². The third kappa shape index (κ3) is 2.95. The Hall–Kier alpha value is -2.31. The summed E-state index contributed by atoms with van der Waals surface area (Å²) in [6, 6.07) is 8.89. The molecule has 1 aromatic carbocycles. The number of ketones is 1. The molecule has 0 saturated heterocycles. The molecule has 1 N–H and O–H groups in total. The Bertz CT molecular complexity index is 1020. The quantitative estimate of drug-likeness (QED) is 0.690. The lowest BCUT2D eigenvalue weighted by Gasteiger charge is -2.53. The zero-order valence-corrected chi connectivity index (χ0v) is 18.9. The molecule has 5 rings (SSSR count). The molecule has 0 bridgehead atoms. The summed E-state index contributed by atoms with van der Waals surface area (Å²) in [6.07, 6.45) is 13.9. The van der Waals surface area contributed by atoms with Gasteiger partial charge in [0.15, 0.2) is 0 Å². The number of allylic oxidation sites excluding steroid dienone is 4. The summed E-state index contributed by atoms with van der Waals surface area (Å²) in [5, 5.41) is 11.5. The molecule has 4 aliphatic rings. The first kappa shape index (κ1) is 20.6. The molecule has 0 heterocycles. The van der Waals surface area contributed by atoms with Crippen molar-refractivity contribution < 1.29 is 9.90 Å². The van der Waals surface area contributed by atoms with Gasteiger partial charge in [0.1, 0.15) is 11.4 Å². The van der Waals surface area contributed by atoms with Crippen LogP contribution in [0.1, 0.15) is 63.4 Å². The summed E-state index contributed by atoms with van der Waals surface area (Å²) >= 11 is 0. The number of carbonyl (C=O) groups excluding carboxylic acids is 1. The fourth-order valence-corrected chi connectivity index (χ4v) is 7.14. The molecule has 3 fully saturated rings. The highest BCUT2D eigenvalue weighted by molar-refractivity contribution is 5.84. The molecular weight excluding hydrogens is 382 g/mol. The van der Waals surface area contributed by atoms with Crippen molar-refractivity contribution in [2.45, 2.75) is 63.4 Å². The van der Waals surface area contributed by atoms with Crippen molar-refractivity contribution in [2.24, 2.45) is 17.3 Å². The number of fused-ring (bicyclic) bond motifs is 4. The van der Waals surface area contributed by atoms with Crippen molar-refractivity contribution in [1.82, 2.24) is 0 Å². The number of benzene rings is 1. The molecule has 0 spiro atoms. The third-order valence-corrected chi connectivity index (χ3v) is 8.92. The van der Waals surface area contributed by atoms with Gasteiger partial charge < -0.3 is 10.0 Å². The first-order valence-electron chi connectivity index (χ1n) is 11.7. The topological polar surface area (TPSA) is 40.5 Å². The van der Waals surface area contributed by atoms with Crippen molar-refractivity contribution in [1.29, 1.82) is 0 Å². The molecule has 5 atom stereocenters. The Labute approximate surface area is 186 Å². The van der Waals surface area contributed by atoms with E-state index in [0.717, 1.165) is 25.7 Å². The standard InChI is InChI=1S/C28H33NO2/c1-5-28(31)15-14-25-23-12-8-19-16-21(30)11-13-22(19)26(23)24(17-27(25,28)2)18-6-9-20(10-7-18)29(3)4/h1,6-10,23-25,31H,11-17H2,2-4H3/t23?,24-,25?,27+,28?/m1/s1. The zero-order valence-electron chi connectivity index (χ0n) is 18.9. The molecule has 0 radical (unpaired) electrons. The van der Waals surface area contributed by atoms with Crippen molar-refractivity contribution >= 4 is 11.5 Å². The minimum absolute atomic E-state index is 0.243. The normalized spacial score (nSPS) is 36.8. The van der Waals surface area contributed by atoms with Crippen LogP contribution in [0.25, 0.3) is 0 Å². The minimum Gasteiger partial charge on any atom is -0.378 e. The molecular formula is C28H33NO2. The molecule has 162 valence electrons. The SMILES string of the molecule is C#CC1(O)CCC2C3CC=C4CC(=O)CCC4=C3[C@@H](c3ccc(N(C)C)cc3)C[C@@]21C. The zero-order chi connectivity index (χ0) is 22.0. The van der Waals surface area contributed by atoms with E-state index in [2.05, 4.69) is 62.2 Å². The average Bonchev–Trinajstić information content (AvgIpc) is 3.04. The smallest absolute Gasteiger partial charge is 0.137 e. The van der Waals surface area contributed by atoms with Gasteiger partial charge in [-0.2, -0.15) is 0 Å². The lowest BCUT2D eigenvalue weighted by Crippen LogP contribution is -2.50. The molecule has 3 saturated carbocycles. The number of anilines is 1. The Morgan fingerprint density at radius 1 is 1.19 bits per heavy atom. The second kappa shape index (κ2) is 7.10. The van der Waals surface area contributed by atoms with Gasteiger partial charge in [0.25, 0.3) is 0 Å². The van der Waals surface area contributed by atoms with Crippen LogP contribution in [0.5, 0.6) is 0 Å². The van der Waals surface area contributed by atoms with E-state index in [1.165, 1.54) is 22.4 Å². The van der Waals surface area contributed by atoms with Crippen LogP contribution in [0, 0.1) is 29.6 Å². The Balaban J connectivity index is 1.65. The maximum Gasteiger partial charge on any atom is 0.137 e. The highest BCUT2D eigenvalue weighted by Crippen LogP contribution is 2.66. The molecule has 0 aromatic heterocycles. The van der Waals surface area contributed by atoms with Crippen LogP contribution >= 0.6 is 0 Å². The summed E-state index contributed by atoms with van der Waals surface area (Å²) in [4.78, 5) is 14.3. The largest absolute Gasteiger partial charge is 0.378 e. The predicted molar refractivity (Wildman–Crippen MR) is 125 cm³/mol. The number of nitrogens with zero attached hydrogens (tertiary/aromatic N) is 1. The number of aliphatic hydroxyl groups is 1. The van der Waals surface area contributed by atoms with E-state index in [9.17, 15) is 9.90 Å². The highest BCUT2D eigenvalue weighted by atomic mass is 16.3. The molecule has 3 unspecified atom stereocenters. The average molecular weight is 416 g/mol. The van der Waals surface area contributed by atoms with E-state index in [-0.39, 0.29) is 11.3 Å². The molecule has 4 aliphatic carbocycles. The second-order valence-electron chi connectivity index (χ2n) is 10.5. The predicted octanol–water partition coefficient (Wildman–Crippen LogP) is 5.02. The van der Waals surface area contributed by atoms with E-state index >= 15 is 0 Å². The number of Topliss-reactive ketones (excluding diaryl/α,β-unsaturated/α-hetero) is 1. The molecule has 31 heavy (non-hydrogen) atoms. The van der Waals surface area contributed by atoms with Crippen LogP contribution in [0.4, 0.5) is 5.69 Å². The number of carbonyl (C=O) groups is 1. The molecule has 3 heteroatoms. The van der Waals surface area contributed by atoms with Crippen LogP contribution in [-0.2, 0) is 4.79 Å². The van der Waals surface area contributed by atoms with Crippen LogP contribution in [0.3, 0.4) is 0 Å². The van der Waals surface area contributed by atoms with E-state index in [0.29, 0.717) is 36.9 Å². The van der Waals surface area contributed by atoms with Gasteiger partial charge in [-0.1, -0.05) is 36.6 Å². The van der Waals surface area contributed by atoms with Crippen LogP contribution in [0.15, 0.2) is 47.1 Å². The fraction of sp³-hybridized carbons (Fsp3) is 0.536. The van der Waals surface area contributed by atoms with E-state index < -0.39 is 5.60 Å². The first-order valence-corrected chi connectivity index (χ1v) is 11.7. The number of terminal acetylenes is 1. The number of rotatable bonds is 2. The van der Waals surface area contributed by atoms with Gasteiger partial charge >= 0.3 is 0 Å². The van der Waals surface area contributed by atoms with Crippen molar-refractivity contribution in [3.63, 3.8) is 0 Å². The Morgan fingerprint density at radius 3 is 2.61 bits per heavy atom. The van der Waals surface area contributed by atoms with Crippen LogP contribution < -0.4 is 4.90 Å². The molecule has 3 nitrogen and oxygen atoms in total. The number of hydrogen-bond acceptors (Lipinski definition) is 3. The lowest BCUT2D eigenvalue weighted by atomic mass is 9.51. The van der Waals surface area contributed by atoms with Gasteiger partial charge in [0.05, 0.1) is 0 Å². The Morgan fingerprint density at radius 2 is 1.94 bits per heavy atom.